The first-order valence-corrected chi connectivity index (χ1v) is 4.91. The van der Waals surface area contributed by atoms with Gasteiger partial charge in [-0.05, 0) is 40.0 Å². The lowest BCUT2D eigenvalue weighted by Crippen LogP contribution is -2.37. The third-order valence-corrected chi connectivity index (χ3v) is 2.44. The Morgan fingerprint density at radius 3 is 2.46 bits per heavy atom. The molecule has 0 aromatic heterocycles. The number of carbonyl (C=O) groups excluding carboxylic acids is 1. The Balaban J connectivity index is 2.18. The molecule has 0 aliphatic heterocycles. The van der Waals surface area contributed by atoms with Crippen molar-refractivity contribution in [3.05, 3.63) is 0 Å². The zero-order chi connectivity index (χ0) is 10.1. The van der Waals surface area contributed by atoms with Crippen molar-refractivity contribution >= 4 is 5.91 Å². The third-order valence-electron chi connectivity index (χ3n) is 2.44. The zero-order valence-corrected chi connectivity index (χ0v) is 8.81. The standard InChI is InChI=1S/C10H20N2O/c1-9(2,11)5-4-8(13)12-10(3)6-7-10/h4-7,11H2,1-3H3,(H,12,13). The second-order valence-corrected chi connectivity index (χ2v) is 5.10. The molecular formula is C10H20N2O. The van der Waals surface area contributed by atoms with Crippen molar-refractivity contribution in [1.82, 2.24) is 5.32 Å². The minimum atomic E-state index is -0.234. The van der Waals surface area contributed by atoms with Crippen LogP contribution in [0.25, 0.3) is 0 Å². The second kappa shape index (κ2) is 3.29. The lowest BCUT2D eigenvalue weighted by Gasteiger charge is -2.18. The maximum Gasteiger partial charge on any atom is 0.220 e. The van der Waals surface area contributed by atoms with Crippen LogP contribution in [0.5, 0.6) is 0 Å². The summed E-state index contributed by atoms with van der Waals surface area (Å²) in [5.41, 5.74) is 5.66. The van der Waals surface area contributed by atoms with Gasteiger partial charge in [-0.3, -0.25) is 4.79 Å². The molecule has 13 heavy (non-hydrogen) atoms. The summed E-state index contributed by atoms with van der Waals surface area (Å²) in [6.07, 6.45) is 3.52. The van der Waals surface area contributed by atoms with Crippen molar-refractivity contribution < 1.29 is 4.79 Å². The number of nitrogens with two attached hydrogens (primary N) is 1. The molecule has 0 unspecified atom stereocenters. The maximum atomic E-state index is 11.4. The maximum absolute atomic E-state index is 11.4. The molecule has 3 N–H and O–H groups in total. The number of carbonyl (C=O) groups is 1. The number of nitrogens with one attached hydrogen (secondary N) is 1. The Labute approximate surface area is 80.1 Å². The highest BCUT2D eigenvalue weighted by atomic mass is 16.1. The molecule has 0 saturated heterocycles. The average Bonchev–Trinajstić information content (AvgIpc) is 2.62. The predicted molar refractivity (Wildman–Crippen MR) is 53.3 cm³/mol. The summed E-state index contributed by atoms with van der Waals surface area (Å²) in [4.78, 5) is 11.4. The zero-order valence-electron chi connectivity index (χ0n) is 8.81. The van der Waals surface area contributed by atoms with Crippen molar-refractivity contribution in [2.24, 2.45) is 5.73 Å². The molecule has 0 bridgehead atoms. The highest BCUT2D eigenvalue weighted by molar-refractivity contribution is 5.77. The molecule has 1 aliphatic carbocycles. The minimum absolute atomic E-state index is 0.107. The highest BCUT2D eigenvalue weighted by Crippen LogP contribution is 2.34. The molecule has 1 saturated carbocycles. The average molecular weight is 184 g/mol. The topological polar surface area (TPSA) is 55.1 Å². The molecule has 0 heterocycles. The molecule has 1 amide bonds. The van der Waals surface area contributed by atoms with Gasteiger partial charge in [0.25, 0.3) is 0 Å². The Bertz CT molecular complexity index is 201. The SMILES string of the molecule is CC(C)(N)CCC(=O)NC1(C)CC1. The minimum Gasteiger partial charge on any atom is -0.351 e. The van der Waals surface area contributed by atoms with E-state index < -0.39 is 0 Å². The van der Waals surface area contributed by atoms with Gasteiger partial charge in [0.05, 0.1) is 0 Å². The van der Waals surface area contributed by atoms with Gasteiger partial charge >= 0.3 is 0 Å². The van der Waals surface area contributed by atoms with Gasteiger partial charge in [-0.15, -0.1) is 0 Å². The fourth-order valence-electron chi connectivity index (χ4n) is 1.15. The van der Waals surface area contributed by atoms with E-state index in [0.29, 0.717) is 6.42 Å². The van der Waals surface area contributed by atoms with E-state index in [1.807, 2.05) is 13.8 Å². The third kappa shape index (κ3) is 4.27. The quantitative estimate of drug-likeness (QED) is 0.689. The number of hydrogen-bond donors (Lipinski definition) is 2. The van der Waals surface area contributed by atoms with E-state index >= 15 is 0 Å². The van der Waals surface area contributed by atoms with Gasteiger partial charge in [0.15, 0.2) is 0 Å². The summed E-state index contributed by atoms with van der Waals surface area (Å²) in [6, 6.07) is 0. The molecule has 0 radical (unpaired) electrons. The molecule has 1 fully saturated rings. The Hall–Kier alpha value is -0.570. The van der Waals surface area contributed by atoms with E-state index in [4.69, 9.17) is 5.73 Å². The molecule has 1 rings (SSSR count). The summed E-state index contributed by atoms with van der Waals surface area (Å²) >= 11 is 0. The van der Waals surface area contributed by atoms with Gasteiger partial charge in [0.1, 0.15) is 0 Å². The van der Waals surface area contributed by atoms with Gasteiger partial charge in [-0.25, -0.2) is 0 Å². The van der Waals surface area contributed by atoms with Crippen LogP contribution in [0.4, 0.5) is 0 Å². The van der Waals surface area contributed by atoms with E-state index in [1.54, 1.807) is 0 Å². The van der Waals surface area contributed by atoms with Crippen LogP contribution in [0, 0.1) is 0 Å². The fraction of sp³-hybridized carbons (Fsp3) is 0.900. The van der Waals surface area contributed by atoms with E-state index in [9.17, 15) is 4.79 Å². The summed E-state index contributed by atoms with van der Waals surface area (Å²) < 4.78 is 0. The molecular weight excluding hydrogens is 164 g/mol. The molecule has 0 spiro atoms. The summed E-state index contributed by atoms with van der Waals surface area (Å²) in [7, 11) is 0. The van der Waals surface area contributed by atoms with Crippen LogP contribution < -0.4 is 11.1 Å². The monoisotopic (exact) mass is 184 g/mol. The Morgan fingerprint density at radius 2 is 2.08 bits per heavy atom. The summed E-state index contributed by atoms with van der Waals surface area (Å²) in [6.45, 7) is 5.97. The Kier molecular flexibility index (Phi) is 2.66. The second-order valence-electron chi connectivity index (χ2n) is 5.10. The van der Waals surface area contributed by atoms with E-state index in [2.05, 4.69) is 12.2 Å². The summed E-state index contributed by atoms with van der Waals surface area (Å²) in [5.74, 6) is 0.138. The molecule has 0 aromatic rings. The van der Waals surface area contributed by atoms with Crippen molar-refractivity contribution in [3.8, 4) is 0 Å². The highest BCUT2D eigenvalue weighted by Gasteiger charge is 2.38. The van der Waals surface area contributed by atoms with E-state index in [1.165, 1.54) is 0 Å². The largest absolute Gasteiger partial charge is 0.351 e. The Morgan fingerprint density at radius 1 is 1.54 bits per heavy atom. The van der Waals surface area contributed by atoms with Gasteiger partial charge in [0, 0.05) is 17.5 Å². The van der Waals surface area contributed by atoms with Gasteiger partial charge in [0.2, 0.25) is 5.91 Å². The van der Waals surface area contributed by atoms with Crippen LogP contribution in [-0.2, 0) is 4.79 Å². The summed E-state index contributed by atoms with van der Waals surface area (Å²) in [5, 5.41) is 3.01. The van der Waals surface area contributed by atoms with Crippen molar-refractivity contribution in [3.63, 3.8) is 0 Å². The molecule has 3 nitrogen and oxygen atoms in total. The van der Waals surface area contributed by atoms with Gasteiger partial charge < -0.3 is 11.1 Å². The van der Waals surface area contributed by atoms with Crippen LogP contribution in [-0.4, -0.2) is 17.0 Å². The van der Waals surface area contributed by atoms with Crippen LogP contribution >= 0.6 is 0 Å². The van der Waals surface area contributed by atoms with Crippen LogP contribution in [0.2, 0.25) is 0 Å². The molecule has 1 aliphatic rings. The smallest absolute Gasteiger partial charge is 0.220 e. The lowest BCUT2D eigenvalue weighted by molar-refractivity contribution is -0.122. The van der Waals surface area contributed by atoms with Crippen LogP contribution in [0.1, 0.15) is 46.5 Å². The van der Waals surface area contributed by atoms with E-state index in [0.717, 1.165) is 19.3 Å². The van der Waals surface area contributed by atoms with Crippen LogP contribution in [0.15, 0.2) is 0 Å². The van der Waals surface area contributed by atoms with Gasteiger partial charge in [-0.1, -0.05) is 0 Å². The van der Waals surface area contributed by atoms with Crippen molar-refractivity contribution in [1.29, 1.82) is 0 Å². The normalized spacial score (nSPS) is 19.7. The lowest BCUT2D eigenvalue weighted by atomic mass is 10.00. The first-order valence-electron chi connectivity index (χ1n) is 4.91. The molecule has 76 valence electrons. The van der Waals surface area contributed by atoms with E-state index in [-0.39, 0.29) is 17.0 Å². The van der Waals surface area contributed by atoms with Gasteiger partial charge in [-0.2, -0.15) is 0 Å². The first-order chi connectivity index (χ1) is 5.81. The first kappa shape index (κ1) is 10.5. The molecule has 0 atom stereocenters. The number of rotatable bonds is 4. The fourth-order valence-corrected chi connectivity index (χ4v) is 1.15. The number of hydrogen-bond acceptors (Lipinski definition) is 2. The van der Waals surface area contributed by atoms with Crippen molar-refractivity contribution in [2.75, 3.05) is 0 Å². The predicted octanol–water partition coefficient (Wildman–Crippen LogP) is 1.17. The molecule has 3 heteroatoms. The van der Waals surface area contributed by atoms with Crippen LogP contribution in [0.3, 0.4) is 0 Å². The van der Waals surface area contributed by atoms with Crippen molar-refractivity contribution in [2.45, 2.75) is 57.5 Å². The molecule has 0 aromatic carbocycles. The number of amides is 1.